The van der Waals surface area contributed by atoms with Crippen LogP contribution in [0.4, 0.5) is 0 Å². The van der Waals surface area contributed by atoms with Crippen LogP contribution in [-0.2, 0) is 0 Å². The first kappa shape index (κ1) is 19.2. The Morgan fingerprint density at radius 1 is 0.769 bits per heavy atom. The summed E-state index contributed by atoms with van der Waals surface area (Å²) in [6.07, 6.45) is 17.6. The van der Waals surface area contributed by atoms with Crippen LogP contribution >= 0.6 is 0 Å². The lowest BCUT2D eigenvalue weighted by atomic mass is 9.60. The lowest BCUT2D eigenvalue weighted by Crippen LogP contribution is -2.54. The molecule has 2 heteroatoms. The van der Waals surface area contributed by atoms with E-state index in [1.807, 2.05) is 0 Å². The topological polar surface area (TPSA) is 24.1 Å². The van der Waals surface area contributed by atoms with Crippen LogP contribution in [0.15, 0.2) is 0 Å². The summed E-state index contributed by atoms with van der Waals surface area (Å²) < 4.78 is 0. The summed E-state index contributed by atoms with van der Waals surface area (Å²) in [4.78, 5) is 0. The average Bonchev–Trinajstić information content (AvgIpc) is 2.65. The van der Waals surface area contributed by atoms with Crippen LogP contribution in [0.1, 0.15) is 97.8 Å². The fourth-order valence-electron chi connectivity index (χ4n) is 7.19. The molecule has 2 N–H and O–H groups in total. The largest absolute Gasteiger partial charge is 0.316 e. The predicted octanol–water partition coefficient (Wildman–Crippen LogP) is 5.52. The Morgan fingerprint density at radius 2 is 1.42 bits per heavy atom. The second-order valence-corrected chi connectivity index (χ2v) is 11.1. The molecule has 1 unspecified atom stereocenters. The maximum absolute atomic E-state index is 4.11. The minimum Gasteiger partial charge on any atom is -0.316 e. The van der Waals surface area contributed by atoms with Crippen molar-refractivity contribution < 1.29 is 0 Å². The molecule has 4 fully saturated rings. The lowest BCUT2D eigenvalue weighted by molar-refractivity contribution is 0.0323. The minimum absolute atomic E-state index is 0.642. The summed E-state index contributed by atoms with van der Waals surface area (Å²) in [5.41, 5.74) is 1.29. The molecule has 2 nitrogen and oxygen atoms in total. The lowest BCUT2D eigenvalue weighted by Gasteiger charge is -2.51. The van der Waals surface area contributed by atoms with E-state index in [1.165, 1.54) is 90.1 Å². The Hall–Kier alpha value is -0.0800. The maximum atomic E-state index is 4.11. The second kappa shape index (κ2) is 7.74. The molecule has 0 aromatic carbocycles. The monoisotopic (exact) mass is 360 g/mol. The molecule has 2 saturated carbocycles. The zero-order valence-electron chi connectivity index (χ0n) is 17.8. The highest BCUT2D eigenvalue weighted by atomic mass is 15.0. The third kappa shape index (κ3) is 3.75. The molecule has 0 aromatic rings. The molecule has 0 bridgehead atoms. The van der Waals surface area contributed by atoms with E-state index in [2.05, 4.69) is 31.4 Å². The molecule has 0 amide bonds. The van der Waals surface area contributed by atoms with Gasteiger partial charge in [0.15, 0.2) is 0 Å². The van der Waals surface area contributed by atoms with Crippen molar-refractivity contribution in [3.05, 3.63) is 0 Å². The zero-order valence-corrected chi connectivity index (χ0v) is 17.8. The Balaban J connectivity index is 1.26. The molecule has 2 heterocycles. The van der Waals surface area contributed by atoms with Crippen molar-refractivity contribution in [2.45, 2.75) is 110 Å². The molecule has 2 aliphatic carbocycles. The van der Waals surface area contributed by atoms with Gasteiger partial charge < -0.3 is 10.6 Å². The van der Waals surface area contributed by atoms with Gasteiger partial charge in [0.2, 0.25) is 0 Å². The first-order valence-corrected chi connectivity index (χ1v) is 12.0. The van der Waals surface area contributed by atoms with Crippen molar-refractivity contribution >= 4 is 0 Å². The van der Waals surface area contributed by atoms with Crippen LogP contribution in [0.2, 0.25) is 0 Å². The number of hydrogen-bond acceptors (Lipinski definition) is 2. The van der Waals surface area contributed by atoms with Gasteiger partial charge in [0, 0.05) is 18.6 Å². The van der Waals surface area contributed by atoms with Crippen molar-refractivity contribution in [2.75, 3.05) is 13.1 Å². The van der Waals surface area contributed by atoms with Crippen molar-refractivity contribution in [1.29, 1.82) is 0 Å². The van der Waals surface area contributed by atoms with E-state index in [9.17, 15) is 0 Å². The highest BCUT2D eigenvalue weighted by molar-refractivity contribution is 4.99. The van der Waals surface area contributed by atoms with Gasteiger partial charge in [0.05, 0.1) is 0 Å². The fraction of sp³-hybridized carbons (Fsp3) is 1.00. The normalized spacial score (nSPS) is 50.2. The molecule has 2 saturated heterocycles. The van der Waals surface area contributed by atoms with Gasteiger partial charge in [-0.05, 0) is 106 Å². The average molecular weight is 361 g/mol. The second-order valence-electron chi connectivity index (χ2n) is 11.1. The van der Waals surface area contributed by atoms with E-state index in [4.69, 9.17) is 0 Å². The van der Waals surface area contributed by atoms with Crippen LogP contribution in [0.5, 0.6) is 0 Å². The van der Waals surface area contributed by atoms with E-state index < -0.39 is 0 Å². The van der Waals surface area contributed by atoms with Gasteiger partial charge in [-0.25, -0.2) is 0 Å². The molecule has 2 aliphatic heterocycles. The molecule has 4 rings (SSSR count). The summed E-state index contributed by atoms with van der Waals surface area (Å²) in [7, 11) is 0. The number of rotatable bonds is 2. The van der Waals surface area contributed by atoms with E-state index in [0.717, 1.165) is 29.8 Å². The Bertz CT molecular complexity index is 457. The summed E-state index contributed by atoms with van der Waals surface area (Å²) in [6, 6.07) is 1.54. The van der Waals surface area contributed by atoms with Crippen LogP contribution in [-0.4, -0.2) is 25.2 Å². The Labute approximate surface area is 162 Å². The summed E-state index contributed by atoms with van der Waals surface area (Å²) in [5, 5.41) is 7.81. The van der Waals surface area contributed by atoms with E-state index in [0.29, 0.717) is 10.8 Å². The van der Waals surface area contributed by atoms with E-state index in [-0.39, 0.29) is 0 Å². The highest BCUT2D eigenvalue weighted by Gasteiger charge is 2.44. The number of piperidine rings is 2. The van der Waals surface area contributed by atoms with Crippen molar-refractivity contribution in [2.24, 2.45) is 28.6 Å². The summed E-state index contributed by atoms with van der Waals surface area (Å²) >= 11 is 0. The third-order valence-electron chi connectivity index (χ3n) is 9.66. The molecule has 26 heavy (non-hydrogen) atoms. The predicted molar refractivity (Wildman–Crippen MR) is 111 cm³/mol. The third-order valence-corrected chi connectivity index (χ3v) is 9.66. The van der Waals surface area contributed by atoms with Crippen molar-refractivity contribution in [1.82, 2.24) is 10.6 Å². The number of hydrogen-bond donors (Lipinski definition) is 2. The maximum Gasteiger partial charge on any atom is 0.00977 e. The fourth-order valence-corrected chi connectivity index (χ4v) is 7.19. The molecular formula is C24H44N2. The molecule has 150 valence electrons. The van der Waals surface area contributed by atoms with Gasteiger partial charge in [-0.2, -0.15) is 0 Å². The van der Waals surface area contributed by atoms with Crippen LogP contribution < -0.4 is 10.6 Å². The Kier molecular flexibility index (Phi) is 5.73. The van der Waals surface area contributed by atoms with E-state index >= 15 is 0 Å². The standard InChI is InChI=1S/C24H44N2/c1-18-4-10-23(11-5-18)14-8-22(26-20(23)3)16-21-6-12-24(13-7-21)17-25-15-9-19(24)2/h18-22,25-26H,4-17H2,1-3H3/t18?,19-,20+,21?,22?,23?,24?/m0/s1. The first-order valence-electron chi connectivity index (χ1n) is 12.0. The van der Waals surface area contributed by atoms with Crippen LogP contribution in [0.25, 0.3) is 0 Å². The van der Waals surface area contributed by atoms with Gasteiger partial charge >= 0.3 is 0 Å². The summed E-state index contributed by atoms with van der Waals surface area (Å²) in [6.45, 7) is 10.0. The minimum atomic E-state index is 0.642. The highest BCUT2D eigenvalue weighted by Crippen LogP contribution is 2.50. The molecule has 0 radical (unpaired) electrons. The van der Waals surface area contributed by atoms with Crippen molar-refractivity contribution in [3.63, 3.8) is 0 Å². The number of nitrogens with one attached hydrogen (secondary N) is 2. The van der Waals surface area contributed by atoms with Crippen LogP contribution in [0, 0.1) is 28.6 Å². The van der Waals surface area contributed by atoms with Gasteiger partial charge in [-0.3, -0.25) is 0 Å². The van der Waals surface area contributed by atoms with Gasteiger partial charge in [0.25, 0.3) is 0 Å². The van der Waals surface area contributed by atoms with Gasteiger partial charge in [-0.15, -0.1) is 0 Å². The molecule has 4 aliphatic rings. The molecule has 0 aromatic heterocycles. The smallest absolute Gasteiger partial charge is 0.00977 e. The van der Waals surface area contributed by atoms with Gasteiger partial charge in [0.1, 0.15) is 0 Å². The van der Waals surface area contributed by atoms with Crippen LogP contribution in [0.3, 0.4) is 0 Å². The van der Waals surface area contributed by atoms with Crippen molar-refractivity contribution in [3.8, 4) is 0 Å². The SMILES string of the molecule is CC1CCC2(CC1)CCC(CC1CCC3(CC1)CNCC[C@@H]3C)N[C@@H]2C. The van der Waals surface area contributed by atoms with E-state index in [1.54, 1.807) is 0 Å². The molecular weight excluding hydrogens is 316 g/mol. The summed E-state index contributed by atoms with van der Waals surface area (Å²) in [5.74, 6) is 2.89. The molecule has 2 spiro atoms. The molecule has 3 atom stereocenters. The van der Waals surface area contributed by atoms with Gasteiger partial charge in [-0.1, -0.05) is 26.7 Å². The quantitative estimate of drug-likeness (QED) is 0.677. The zero-order chi connectivity index (χ0) is 18.2. The Morgan fingerprint density at radius 3 is 2.08 bits per heavy atom. The first-order chi connectivity index (χ1) is 12.5.